The van der Waals surface area contributed by atoms with Crippen LogP contribution in [0.4, 0.5) is 5.69 Å². The molecule has 3 rings (SSSR count). The summed E-state index contributed by atoms with van der Waals surface area (Å²) < 4.78 is 12.4. The van der Waals surface area contributed by atoms with E-state index in [1.54, 1.807) is 20.3 Å². The summed E-state index contributed by atoms with van der Waals surface area (Å²) in [4.78, 5) is 0.847. The highest BCUT2D eigenvalue weighted by Gasteiger charge is 2.28. The van der Waals surface area contributed by atoms with Crippen LogP contribution in [0.5, 0.6) is 11.5 Å². The zero-order valence-electron chi connectivity index (χ0n) is 11.2. The first kappa shape index (κ1) is 13.0. The van der Waals surface area contributed by atoms with Crippen LogP contribution in [0, 0.1) is 0 Å². The molecule has 0 aliphatic heterocycles. The largest absolute Gasteiger partial charge is 0.493 e. The van der Waals surface area contributed by atoms with Gasteiger partial charge in [-0.05, 0) is 35.0 Å². The molecule has 1 fully saturated rings. The van der Waals surface area contributed by atoms with Crippen LogP contribution >= 0.6 is 11.8 Å². The lowest BCUT2D eigenvalue weighted by molar-refractivity contribution is 0.354. The molecule has 0 radical (unpaired) electrons. The minimum atomic E-state index is 0.425. The average molecular weight is 293 g/mol. The Balaban J connectivity index is 1.91. The van der Waals surface area contributed by atoms with Gasteiger partial charge in [-0.1, -0.05) is 0 Å². The highest BCUT2D eigenvalue weighted by Crippen LogP contribution is 2.42. The van der Waals surface area contributed by atoms with Crippen LogP contribution in [0.25, 0.3) is 0 Å². The Labute approximate surface area is 120 Å². The number of nitrogens with zero attached hydrogens (tertiary/aromatic N) is 4. The molecular weight excluding hydrogens is 278 g/mol. The number of hydrogen-bond donors (Lipinski definition) is 1. The van der Waals surface area contributed by atoms with Gasteiger partial charge in [-0.15, -0.1) is 5.10 Å². The quantitative estimate of drug-likeness (QED) is 0.840. The fraction of sp³-hybridized carbons (Fsp3) is 0.417. The molecule has 1 aliphatic rings. The molecule has 20 heavy (non-hydrogen) atoms. The number of tetrazole rings is 1. The minimum Gasteiger partial charge on any atom is -0.493 e. The summed E-state index contributed by atoms with van der Waals surface area (Å²) >= 11 is 1.43. The summed E-state index contributed by atoms with van der Waals surface area (Å²) in [6.45, 7) is 0. The first-order valence-electron chi connectivity index (χ1n) is 6.20. The van der Waals surface area contributed by atoms with E-state index >= 15 is 0 Å². The van der Waals surface area contributed by atoms with Gasteiger partial charge in [0.1, 0.15) is 0 Å². The van der Waals surface area contributed by atoms with Crippen molar-refractivity contribution in [1.82, 2.24) is 20.2 Å². The Morgan fingerprint density at radius 2 is 1.95 bits per heavy atom. The van der Waals surface area contributed by atoms with E-state index in [-0.39, 0.29) is 0 Å². The second-order valence-corrected chi connectivity index (χ2v) is 5.49. The first-order chi connectivity index (χ1) is 9.72. The maximum Gasteiger partial charge on any atom is 0.214 e. The lowest BCUT2D eigenvalue weighted by atomic mass is 10.3. The number of anilines is 1. The molecular formula is C12H15N5O2S. The average Bonchev–Trinajstić information content (AvgIpc) is 3.20. The highest BCUT2D eigenvalue weighted by atomic mass is 32.2. The van der Waals surface area contributed by atoms with E-state index in [0.717, 1.165) is 22.9 Å². The Kier molecular flexibility index (Phi) is 3.39. The van der Waals surface area contributed by atoms with Gasteiger partial charge in [0, 0.05) is 22.7 Å². The third-order valence-corrected chi connectivity index (χ3v) is 4.10. The number of methoxy groups -OCH3 is 2. The van der Waals surface area contributed by atoms with Crippen LogP contribution in [0.2, 0.25) is 0 Å². The van der Waals surface area contributed by atoms with Crippen LogP contribution in [-0.4, -0.2) is 34.4 Å². The number of hydrogen-bond acceptors (Lipinski definition) is 7. The second-order valence-electron chi connectivity index (χ2n) is 4.48. The van der Waals surface area contributed by atoms with Crippen molar-refractivity contribution in [2.24, 2.45) is 0 Å². The number of rotatable bonds is 5. The molecule has 1 aromatic carbocycles. The van der Waals surface area contributed by atoms with E-state index in [9.17, 15) is 0 Å². The van der Waals surface area contributed by atoms with Gasteiger partial charge in [-0.3, -0.25) is 0 Å². The lowest BCUT2D eigenvalue weighted by Gasteiger charge is -2.11. The molecule has 0 spiro atoms. The number of nitrogens with two attached hydrogens (primary N) is 1. The van der Waals surface area contributed by atoms with Gasteiger partial charge in [-0.25, -0.2) is 4.68 Å². The molecule has 1 heterocycles. The molecule has 2 aromatic rings. The normalized spacial score (nSPS) is 14.3. The summed E-state index contributed by atoms with van der Waals surface area (Å²) in [6, 6.07) is 4.01. The Hall–Kier alpha value is -1.96. The third kappa shape index (κ3) is 2.38. The molecule has 106 valence electrons. The maximum atomic E-state index is 6.04. The SMILES string of the molecule is COc1cc(N)c(Sc2nnnn2C2CC2)cc1OC. The molecule has 0 atom stereocenters. The second kappa shape index (κ2) is 5.20. The summed E-state index contributed by atoms with van der Waals surface area (Å²) in [5.74, 6) is 1.24. The first-order valence-corrected chi connectivity index (χ1v) is 7.01. The molecule has 0 saturated heterocycles. The number of nitrogen functional groups attached to an aromatic ring is 1. The van der Waals surface area contributed by atoms with Crippen molar-refractivity contribution in [3.05, 3.63) is 12.1 Å². The Morgan fingerprint density at radius 3 is 2.60 bits per heavy atom. The van der Waals surface area contributed by atoms with E-state index in [2.05, 4.69) is 15.5 Å². The molecule has 2 N–H and O–H groups in total. The van der Waals surface area contributed by atoms with Gasteiger partial charge < -0.3 is 15.2 Å². The minimum absolute atomic E-state index is 0.425. The van der Waals surface area contributed by atoms with Crippen molar-refractivity contribution in [3.63, 3.8) is 0 Å². The molecule has 8 heteroatoms. The summed E-state index contributed by atoms with van der Waals surface area (Å²) in [6.07, 6.45) is 2.25. The third-order valence-electron chi connectivity index (χ3n) is 3.07. The van der Waals surface area contributed by atoms with Gasteiger partial charge in [0.2, 0.25) is 5.16 Å². The van der Waals surface area contributed by atoms with Crippen LogP contribution in [0.15, 0.2) is 22.2 Å². The van der Waals surface area contributed by atoms with E-state index in [1.165, 1.54) is 11.8 Å². The van der Waals surface area contributed by atoms with Crippen LogP contribution in [0.3, 0.4) is 0 Å². The van der Waals surface area contributed by atoms with Crippen LogP contribution in [0.1, 0.15) is 18.9 Å². The smallest absolute Gasteiger partial charge is 0.214 e. The fourth-order valence-corrected chi connectivity index (χ4v) is 2.76. The van der Waals surface area contributed by atoms with Crippen molar-refractivity contribution >= 4 is 17.4 Å². The lowest BCUT2D eigenvalue weighted by Crippen LogP contribution is -2.00. The molecule has 7 nitrogen and oxygen atoms in total. The van der Waals surface area contributed by atoms with Crippen LogP contribution < -0.4 is 15.2 Å². The van der Waals surface area contributed by atoms with Gasteiger partial charge in [0.15, 0.2) is 11.5 Å². The maximum absolute atomic E-state index is 6.04. The highest BCUT2D eigenvalue weighted by molar-refractivity contribution is 7.99. The van der Waals surface area contributed by atoms with E-state index in [1.807, 2.05) is 10.7 Å². The zero-order valence-corrected chi connectivity index (χ0v) is 12.1. The number of ether oxygens (including phenoxy) is 2. The van der Waals surface area contributed by atoms with Gasteiger partial charge >= 0.3 is 0 Å². The predicted molar refractivity (Wildman–Crippen MR) is 74.2 cm³/mol. The number of aromatic nitrogens is 4. The Morgan fingerprint density at radius 1 is 1.25 bits per heavy atom. The number of benzene rings is 1. The van der Waals surface area contributed by atoms with Crippen molar-refractivity contribution in [2.75, 3.05) is 20.0 Å². The standard InChI is InChI=1S/C12H15N5O2S/c1-18-9-5-8(13)11(6-10(9)19-2)20-12-14-15-16-17(12)7-3-4-7/h5-7H,3-4,13H2,1-2H3. The van der Waals surface area contributed by atoms with E-state index in [4.69, 9.17) is 15.2 Å². The van der Waals surface area contributed by atoms with Crippen LogP contribution in [-0.2, 0) is 0 Å². The summed E-state index contributed by atoms with van der Waals surface area (Å²) in [7, 11) is 3.18. The van der Waals surface area contributed by atoms with Gasteiger partial charge in [-0.2, -0.15) is 0 Å². The molecule has 1 saturated carbocycles. The monoisotopic (exact) mass is 293 g/mol. The predicted octanol–water partition coefficient (Wildman–Crippen LogP) is 1.76. The van der Waals surface area contributed by atoms with E-state index in [0.29, 0.717) is 23.2 Å². The topological polar surface area (TPSA) is 88.1 Å². The van der Waals surface area contributed by atoms with Crippen molar-refractivity contribution in [3.8, 4) is 11.5 Å². The van der Waals surface area contributed by atoms with Crippen molar-refractivity contribution < 1.29 is 9.47 Å². The van der Waals surface area contributed by atoms with Gasteiger partial charge in [0.05, 0.1) is 20.3 Å². The van der Waals surface area contributed by atoms with Crippen molar-refractivity contribution in [1.29, 1.82) is 0 Å². The summed E-state index contributed by atoms with van der Waals surface area (Å²) in [5, 5.41) is 12.5. The Bertz CT molecular complexity index is 626. The molecule has 0 unspecified atom stereocenters. The summed E-state index contributed by atoms with van der Waals surface area (Å²) in [5.41, 5.74) is 6.65. The van der Waals surface area contributed by atoms with E-state index < -0.39 is 0 Å². The van der Waals surface area contributed by atoms with Gasteiger partial charge in [0.25, 0.3) is 0 Å². The molecule has 0 amide bonds. The molecule has 1 aliphatic carbocycles. The molecule has 1 aromatic heterocycles. The fourth-order valence-electron chi connectivity index (χ4n) is 1.86. The molecule has 0 bridgehead atoms. The van der Waals surface area contributed by atoms with Crippen molar-refractivity contribution in [2.45, 2.75) is 28.9 Å². The zero-order chi connectivity index (χ0) is 14.1.